The van der Waals surface area contributed by atoms with Crippen LogP contribution in [0.25, 0.3) is 10.8 Å². The first-order chi connectivity index (χ1) is 14.5. The maximum atomic E-state index is 12.5. The van der Waals surface area contributed by atoms with Crippen molar-refractivity contribution >= 4 is 22.6 Å². The minimum Gasteiger partial charge on any atom is -0.394 e. The van der Waals surface area contributed by atoms with E-state index in [1.807, 2.05) is 50.2 Å². The fraction of sp³-hybridized carbons (Fsp3) is 0.500. The number of rotatable bonds is 12. The van der Waals surface area contributed by atoms with Crippen LogP contribution in [0.1, 0.15) is 63.0 Å². The van der Waals surface area contributed by atoms with Crippen LogP contribution < -0.4 is 10.6 Å². The number of amides is 2. The zero-order valence-electron chi connectivity index (χ0n) is 18.0. The van der Waals surface area contributed by atoms with Crippen LogP contribution >= 0.6 is 0 Å². The molecule has 6 nitrogen and oxygen atoms in total. The number of fused-ring (bicyclic) bond motifs is 1. The zero-order valence-corrected chi connectivity index (χ0v) is 18.0. The summed E-state index contributed by atoms with van der Waals surface area (Å²) in [6.45, 7) is 4.40. The minimum atomic E-state index is -0.248. The SMILES string of the molecule is CCC(CO)NC(=O)CCCCCNC(=O)[C@@H](C)c1ccc2cc(CO)ccc2c1. The normalized spacial score (nSPS) is 13.1. The fourth-order valence-electron chi connectivity index (χ4n) is 3.36. The summed E-state index contributed by atoms with van der Waals surface area (Å²) in [5.74, 6) is -0.286. The van der Waals surface area contributed by atoms with E-state index in [0.717, 1.165) is 41.2 Å². The van der Waals surface area contributed by atoms with E-state index < -0.39 is 0 Å². The van der Waals surface area contributed by atoms with Gasteiger partial charge in [-0.15, -0.1) is 0 Å². The predicted octanol–water partition coefficient (Wildman–Crippen LogP) is 3.00. The second kappa shape index (κ2) is 12.3. The van der Waals surface area contributed by atoms with E-state index in [4.69, 9.17) is 5.11 Å². The number of aliphatic hydroxyl groups excluding tert-OH is 2. The second-order valence-electron chi connectivity index (χ2n) is 7.78. The molecule has 0 aromatic heterocycles. The van der Waals surface area contributed by atoms with E-state index in [9.17, 15) is 14.7 Å². The highest BCUT2D eigenvalue weighted by molar-refractivity contribution is 5.88. The molecule has 0 heterocycles. The molecule has 2 amide bonds. The van der Waals surface area contributed by atoms with Crippen LogP contribution in [0.4, 0.5) is 0 Å². The van der Waals surface area contributed by atoms with E-state index in [2.05, 4.69) is 10.6 Å². The largest absolute Gasteiger partial charge is 0.394 e. The number of hydrogen-bond acceptors (Lipinski definition) is 4. The van der Waals surface area contributed by atoms with Gasteiger partial charge in [0.2, 0.25) is 11.8 Å². The highest BCUT2D eigenvalue weighted by Gasteiger charge is 2.15. The fourth-order valence-corrected chi connectivity index (χ4v) is 3.36. The standard InChI is InChI=1S/C24H34N2O4/c1-3-22(16-28)26-23(29)7-5-4-6-12-25-24(30)17(2)19-10-11-20-13-18(15-27)8-9-21(20)14-19/h8-11,13-14,17,22,27-28H,3-7,12,15-16H2,1-2H3,(H,25,30)(H,26,29)/t17-,22?/m0/s1. The van der Waals surface area contributed by atoms with Crippen molar-refractivity contribution < 1.29 is 19.8 Å². The molecular weight excluding hydrogens is 380 g/mol. The van der Waals surface area contributed by atoms with Crippen molar-refractivity contribution in [2.45, 2.75) is 64.5 Å². The molecule has 0 bridgehead atoms. The highest BCUT2D eigenvalue weighted by atomic mass is 16.3. The van der Waals surface area contributed by atoms with Crippen molar-refractivity contribution in [2.75, 3.05) is 13.2 Å². The number of nitrogens with one attached hydrogen (secondary N) is 2. The topological polar surface area (TPSA) is 98.7 Å². The average molecular weight is 415 g/mol. The third kappa shape index (κ3) is 7.11. The molecule has 0 saturated heterocycles. The number of unbranched alkanes of at least 4 members (excludes halogenated alkanes) is 2. The number of benzene rings is 2. The molecule has 1 unspecified atom stereocenters. The molecule has 0 aliphatic heterocycles. The molecule has 164 valence electrons. The quantitative estimate of drug-likeness (QED) is 0.401. The van der Waals surface area contributed by atoms with Crippen molar-refractivity contribution in [1.29, 1.82) is 0 Å². The number of carbonyl (C=O) groups excluding carboxylic acids is 2. The van der Waals surface area contributed by atoms with Crippen molar-refractivity contribution in [1.82, 2.24) is 10.6 Å². The number of hydrogen-bond donors (Lipinski definition) is 4. The Morgan fingerprint density at radius 3 is 2.43 bits per heavy atom. The van der Waals surface area contributed by atoms with Gasteiger partial charge in [-0.05, 0) is 54.2 Å². The van der Waals surface area contributed by atoms with Gasteiger partial charge in [-0.3, -0.25) is 9.59 Å². The van der Waals surface area contributed by atoms with Crippen molar-refractivity contribution in [2.24, 2.45) is 0 Å². The van der Waals surface area contributed by atoms with Crippen LogP contribution in [0.5, 0.6) is 0 Å². The molecule has 6 heteroatoms. The maximum Gasteiger partial charge on any atom is 0.227 e. The third-order valence-corrected chi connectivity index (χ3v) is 5.46. The molecule has 2 rings (SSSR count). The lowest BCUT2D eigenvalue weighted by Gasteiger charge is -2.14. The summed E-state index contributed by atoms with van der Waals surface area (Å²) < 4.78 is 0. The molecule has 2 aromatic carbocycles. The smallest absolute Gasteiger partial charge is 0.227 e. The van der Waals surface area contributed by atoms with Crippen molar-refractivity contribution in [3.05, 3.63) is 47.5 Å². The van der Waals surface area contributed by atoms with Crippen LogP contribution in [-0.4, -0.2) is 41.2 Å². The summed E-state index contributed by atoms with van der Waals surface area (Å²) in [6, 6.07) is 11.6. The summed E-state index contributed by atoms with van der Waals surface area (Å²) in [5, 5.41) is 26.2. The maximum absolute atomic E-state index is 12.5. The molecule has 0 aliphatic carbocycles. The highest BCUT2D eigenvalue weighted by Crippen LogP contribution is 2.23. The van der Waals surface area contributed by atoms with Gasteiger partial charge in [0.25, 0.3) is 0 Å². The predicted molar refractivity (Wildman–Crippen MR) is 119 cm³/mol. The molecule has 0 aliphatic rings. The van der Waals surface area contributed by atoms with Gasteiger partial charge < -0.3 is 20.8 Å². The Morgan fingerprint density at radius 1 is 1.00 bits per heavy atom. The summed E-state index contributed by atoms with van der Waals surface area (Å²) in [4.78, 5) is 24.3. The van der Waals surface area contributed by atoms with Crippen LogP contribution in [0.3, 0.4) is 0 Å². The Morgan fingerprint density at radius 2 is 1.73 bits per heavy atom. The van der Waals surface area contributed by atoms with Gasteiger partial charge in [0.1, 0.15) is 0 Å². The Labute approximate surface area is 178 Å². The van der Waals surface area contributed by atoms with E-state index in [1.165, 1.54) is 0 Å². The lowest BCUT2D eigenvalue weighted by molar-refractivity contribution is -0.123. The van der Waals surface area contributed by atoms with E-state index in [-0.39, 0.29) is 37.0 Å². The summed E-state index contributed by atoms with van der Waals surface area (Å²) in [7, 11) is 0. The second-order valence-corrected chi connectivity index (χ2v) is 7.78. The van der Waals surface area contributed by atoms with E-state index in [1.54, 1.807) is 0 Å². The molecule has 2 aromatic rings. The average Bonchev–Trinajstić information content (AvgIpc) is 2.78. The lowest BCUT2D eigenvalue weighted by Crippen LogP contribution is -2.36. The van der Waals surface area contributed by atoms with Gasteiger partial charge in [0.15, 0.2) is 0 Å². The molecular formula is C24H34N2O4. The van der Waals surface area contributed by atoms with Gasteiger partial charge >= 0.3 is 0 Å². The Balaban J connectivity index is 1.72. The van der Waals surface area contributed by atoms with Gasteiger partial charge in [-0.1, -0.05) is 43.7 Å². The molecule has 0 fully saturated rings. The van der Waals surface area contributed by atoms with Crippen molar-refractivity contribution in [3.63, 3.8) is 0 Å². The molecule has 30 heavy (non-hydrogen) atoms. The zero-order chi connectivity index (χ0) is 21.9. The first-order valence-electron chi connectivity index (χ1n) is 10.8. The summed E-state index contributed by atoms with van der Waals surface area (Å²) in [6.07, 6.45) is 3.61. The molecule has 0 spiro atoms. The Hall–Kier alpha value is -2.44. The van der Waals surface area contributed by atoms with Gasteiger partial charge in [0.05, 0.1) is 25.2 Å². The van der Waals surface area contributed by atoms with Crippen LogP contribution in [0.2, 0.25) is 0 Å². The van der Waals surface area contributed by atoms with Crippen LogP contribution in [-0.2, 0) is 16.2 Å². The Kier molecular flexibility index (Phi) is 9.77. The molecule has 0 radical (unpaired) electrons. The van der Waals surface area contributed by atoms with Crippen molar-refractivity contribution in [3.8, 4) is 0 Å². The number of carbonyl (C=O) groups is 2. The van der Waals surface area contributed by atoms with E-state index >= 15 is 0 Å². The van der Waals surface area contributed by atoms with Crippen LogP contribution in [0.15, 0.2) is 36.4 Å². The minimum absolute atomic E-state index is 0.00666. The first kappa shape index (κ1) is 23.8. The Bertz CT molecular complexity index is 833. The van der Waals surface area contributed by atoms with Gasteiger partial charge in [0, 0.05) is 13.0 Å². The molecule has 0 saturated carbocycles. The third-order valence-electron chi connectivity index (χ3n) is 5.46. The van der Waals surface area contributed by atoms with Gasteiger partial charge in [-0.2, -0.15) is 0 Å². The molecule has 4 N–H and O–H groups in total. The summed E-state index contributed by atoms with van der Waals surface area (Å²) in [5.41, 5.74) is 1.83. The number of aliphatic hydroxyl groups is 2. The molecule has 2 atom stereocenters. The first-order valence-corrected chi connectivity index (χ1v) is 10.8. The summed E-state index contributed by atoms with van der Waals surface area (Å²) >= 11 is 0. The van der Waals surface area contributed by atoms with E-state index in [0.29, 0.717) is 19.4 Å². The monoisotopic (exact) mass is 414 g/mol. The van der Waals surface area contributed by atoms with Crippen LogP contribution in [0, 0.1) is 0 Å². The lowest BCUT2D eigenvalue weighted by atomic mass is 9.96. The van der Waals surface area contributed by atoms with Gasteiger partial charge in [-0.25, -0.2) is 0 Å².